The lowest BCUT2D eigenvalue weighted by atomic mass is 10.00. The number of carbonyl (C=O) groups excluding carboxylic acids is 3. The summed E-state index contributed by atoms with van der Waals surface area (Å²) in [5, 5.41) is 0. The number of ether oxygens (including phenoxy) is 1. The maximum absolute atomic E-state index is 13.3. The van der Waals surface area contributed by atoms with E-state index in [1.54, 1.807) is 40.7 Å². The van der Waals surface area contributed by atoms with Crippen LogP contribution in [0, 0.1) is 13.8 Å². The maximum atomic E-state index is 13.3. The molecular formula is C23H30N2O4. The van der Waals surface area contributed by atoms with Gasteiger partial charge in [-0.05, 0) is 59.2 Å². The summed E-state index contributed by atoms with van der Waals surface area (Å²) in [5.41, 5.74) is 2.13. The average Bonchev–Trinajstić information content (AvgIpc) is 2.94. The lowest BCUT2D eigenvalue weighted by Crippen LogP contribution is -2.48. The van der Waals surface area contributed by atoms with Crippen LogP contribution in [0.3, 0.4) is 0 Å². The number of benzene rings is 1. The van der Waals surface area contributed by atoms with Gasteiger partial charge in [0.2, 0.25) is 0 Å². The molecule has 1 aromatic heterocycles. The Balaban J connectivity index is 2.47. The number of hydrogen-bond acceptors (Lipinski definition) is 4. The lowest BCUT2D eigenvalue weighted by Gasteiger charge is -2.35. The van der Waals surface area contributed by atoms with E-state index in [-0.39, 0.29) is 18.2 Å². The molecule has 0 saturated carbocycles. The van der Waals surface area contributed by atoms with Crippen LogP contribution in [-0.2, 0) is 11.3 Å². The highest BCUT2D eigenvalue weighted by molar-refractivity contribution is 6.06. The van der Waals surface area contributed by atoms with Gasteiger partial charge in [0, 0.05) is 28.9 Å². The number of methoxy groups -OCH3 is 1. The predicted molar refractivity (Wildman–Crippen MR) is 112 cm³/mol. The molecule has 0 fully saturated rings. The number of Topliss-reactive ketones (excluding diaryl/α,β-unsaturated/α-hetero) is 1. The van der Waals surface area contributed by atoms with Gasteiger partial charge in [-0.3, -0.25) is 9.59 Å². The fourth-order valence-electron chi connectivity index (χ4n) is 3.63. The van der Waals surface area contributed by atoms with Crippen LogP contribution in [0.2, 0.25) is 0 Å². The predicted octanol–water partition coefficient (Wildman–Crippen LogP) is 4.04. The Labute approximate surface area is 172 Å². The van der Waals surface area contributed by atoms with E-state index < -0.39 is 11.5 Å². The topological polar surface area (TPSA) is 68.6 Å². The molecule has 0 unspecified atom stereocenters. The molecule has 0 aliphatic carbocycles. The number of amides is 1. The molecule has 2 rings (SSSR count). The monoisotopic (exact) mass is 398 g/mol. The SMILES string of the molecule is CCn1c(C)c(C(=O)CN(C(=O)c2ccccc2)C(C)(C)C)c(C)c1C(=O)OC. The molecule has 1 heterocycles. The fraction of sp³-hybridized carbons (Fsp3) is 0.435. The Morgan fingerprint density at radius 2 is 1.66 bits per heavy atom. The van der Waals surface area contributed by atoms with Crippen LogP contribution in [0.1, 0.15) is 70.2 Å². The van der Waals surface area contributed by atoms with Crippen molar-refractivity contribution in [2.45, 2.75) is 53.6 Å². The van der Waals surface area contributed by atoms with Crippen LogP contribution in [-0.4, -0.2) is 46.3 Å². The molecule has 156 valence electrons. The second-order valence-electron chi connectivity index (χ2n) is 8.02. The summed E-state index contributed by atoms with van der Waals surface area (Å²) < 4.78 is 6.69. The lowest BCUT2D eigenvalue weighted by molar-refractivity contribution is 0.0546. The number of nitrogens with zero attached hydrogens (tertiary/aromatic N) is 2. The number of aromatic nitrogens is 1. The average molecular weight is 399 g/mol. The summed E-state index contributed by atoms with van der Waals surface area (Å²) in [4.78, 5) is 40.2. The molecule has 6 heteroatoms. The van der Waals surface area contributed by atoms with Crippen molar-refractivity contribution in [1.82, 2.24) is 9.47 Å². The Morgan fingerprint density at radius 3 is 2.14 bits per heavy atom. The zero-order chi connectivity index (χ0) is 21.9. The highest BCUT2D eigenvalue weighted by atomic mass is 16.5. The van der Waals surface area contributed by atoms with Crippen molar-refractivity contribution in [1.29, 1.82) is 0 Å². The van der Waals surface area contributed by atoms with Gasteiger partial charge in [-0.2, -0.15) is 0 Å². The van der Waals surface area contributed by atoms with Crippen molar-refractivity contribution in [3.8, 4) is 0 Å². The van der Waals surface area contributed by atoms with Gasteiger partial charge in [0.15, 0.2) is 5.78 Å². The van der Waals surface area contributed by atoms with E-state index in [4.69, 9.17) is 4.74 Å². The van der Waals surface area contributed by atoms with Crippen LogP contribution >= 0.6 is 0 Å². The van der Waals surface area contributed by atoms with Crippen molar-refractivity contribution in [2.75, 3.05) is 13.7 Å². The Hall–Kier alpha value is -2.89. The normalized spacial score (nSPS) is 11.3. The largest absolute Gasteiger partial charge is 0.464 e. The number of rotatable bonds is 6. The number of hydrogen-bond donors (Lipinski definition) is 0. The molecule has 0 spiro atoms. The van der Waals surface area contributed by atoms with Gasteiger partial charge in [0.1, 0.15) is 5.69 Å². The van der Waals surface area contributed by atoms with E-state index in [1.165, 1.54) is 7.11 Å². The fourth-order valence-corrected chi connectivity index (χ4v) is 3.63. The number of esters is 1. The van der Waals surface area contributed by atoms with Crippen molar-refractivity contribution < 1.29 is 19.1 Å². The minimum absolute atomic E-state index is 0.0761. The third-order valence-electron chi connectivity index (χ3n) is 5.12. The molecular weight excluding hydrogens is 368 g/mol. The van der Waals surface area contributed by atoms with E-state index >= 15 is 0 Å². The first-order valence-corrected chi connectivity index (χ1v) is 9.72. The number of ketones is 1. The summed E-state index contributed by atoms with van der Waals surface area (Å²) in [7, 11) is 1.32. The quantitative estimate of drug-likeness (QED) is 0.544. The maximum Gasteiger partial charge on any atom is 0.354 e. The van der Waals surface area contributed by atoms with Crippen molar-refractivity contribution >= 4 is 17.7 Å². The van der Waals surface area contributed by atoms with E-state index in [2.05, 4.69) is 0 Å². The van der Waals surface area contributed by atoms with Gasteiger partial charge in [-0.15, -0.1) is 0 Å². The van der Waals surface area contributed by atoms with Crippen molar-refractivity contribution in [3.05, 3.63) is 58.4 Å². The minimum atomic E-state index is -0.553. The molecule has 0 bridgehead atoms. The Kier molecular flexibility index (Phi) is 6.67. The Bertz CT molecular complexity index is 921. The Morgan fingerprint density at radius 1 is 1.07 bits per heavy atom. The van der Waals surface area contributed by atoms with Crippen LogP contribution in [0.5, 0.6) is 0 Å². The third-order valence-corrected chi connectivity index (χ3v) is 5.12. The summed E-state index contributed by atoms with van der Waals surface area (Å²) in [5.74, 6) is -0.874. The number of carbonyl (C=O) groups is 3. The minimum Gasteiger partial charge on any atom is -0.464 e. The highest BCUT2D eigenvalue weighted by Crippen LogP contribution is 2.25. The third kappa shape index (κ3) is 4.42. The van der Waals surface area contributed by atoms with Gasteiger partial charge in [-0.1, -0.05) is 18.2 Å². The molecule has 0 N–H and O–H groups in total. The van der Waals surface area contributed by atoms with Crippen molar-refractivity contribution in [2.24, 2.45) is 0 Å². The van der Waals surface area contributed by atoms with E-state index in [1.807, 2.05) is 40.7 Å². The van der Waals surface area contributed by atoms with Gasteiger partial charge in [-0.25, -0.2) is 4.79 Å². The first-order valence-electron chi connectivity index (χ1n) is 9.72. The zero-order valence-electron chi connectivity index (χ0n) is 18.3. The molecule has 0 atom stereocenters. The first-order chi connectivity index (χ1) is 13.5. The van der Waals surface area contributed by atoms with Crippen LogP contribution in [0.4, 0.5) is 0 Å². The smallest absolute Gasteiger partial charge is 0.354 e. The molecule has 1 amide bonds. The second-order valence-corrected chi connectivity index (χ2v) is 8.02. The highest BCUT2D eigenvalue weighted by Gasteiger charge is 2.32. The standard InChI is InChI=1S/C23H30N2O4/c1-8-24-16(3)19(15(2)20(24)22(28)29-7)18(26)14-25(23(4,5)6)21(27)17-12-10-9-11-13-17/h9-13H,8,14H2,1-7H3. The second kappa shape index (κ2) is 8.64. The summed E-state index contributed by atoms with van der Waals surface area (Å²) in [6.45, 7) is 11.6. The summed E-state index contributed by atoms with van der Waals surface area (Å²) in [6, 6.07) is 8.93. The van der Waals surface area contributed by atoms with Crippen LogP contribution in [0.15, 0.2) is 30.3 Å². The molecule has 0 radical (unpaired) electrons. The molecule has 0 saturated heterocycles. The van der Waals surface area contributed by atoms with Gasteiger partial charge in [0.05, 0.1) is 13.7 Å². The molecule has 1 aromatic carbocycles. The summed E-state index contributed by atoms with van der Waals surface area (Å²) >= 11 is 0. The summed E-state index contributed by atoms with van der Waals surface area (Å²) in [6.07, 6.45) is 0. The molecule has 0 aliphatic heterocycles. The van der Waals surface area contributed by atoms with E-state index in [9.17, 15) is 14.4 Å². The molecule has 29 heavy (non-hydrogen) atoms. The van der Waals surface area contributed by atoms with E-state index in [0.717, 1.165) is 0 Å². The first kappa shape index (κ1) is 22.4. The van der Waals surface area contributed by atoms with E-state index in [0.29, 0.717) is 34.6 Å². The molecule has 6 nitrogen and oxygen atoms in total. The van der Waals surface area contributed by atoms with Gasteiger partial charge in [0.25, 0.3) is 5.91 Å². The molecule has 2 aromatic rings. The van der Waals surface area contributed by atoms with Gasteiger partial charge >= 0.3 is 5.97 Å². The molecule has 0 aliphatic rings. The van der Waals surface area contributed by atoms with Crippen molar-refractivity contribution in [3.63, 3.8) is 0 Å². The van der Waals surface area contributed by atoms with Crippen LogP contribution in [0.25, 0.3) is 0 Å². The zero-order valence-corrected chi connectivity index (χ0v) is 18.3. The van der Waals surface area contributed by atoms with Crippen LogP contribution < -0.4 is 0 Å². The van der Waals surface area contributed by atoms with Gasteiger partial charge < -0.3 is 14.2 Å².